The van der Waals surface area contributed by atoms with E-state index < -0.39 is 18.1 Å². The maximum atomic E-state index is 11.7. The third kappa shape index (κ3) is 3.20. The Kier molecular flexibility index (Phi) is 4.73. The van der Waals surface area contributed by atoms with Gasteiger partial charge >= 0.3 is 5.97 Å². The van der Waals surface area contributed by atoms with Crippen molar-refractivity contribution in [3.05, 3.63) is 0 Å². The molecule has 0 radical (unpaired) electrons. The van der Waals surface area contributed by atoms with Crippen LogP contribution in [-0.4, -0.2) is 37.7 Å². The summed E-state index contributed by atoms with van der Waals surface area (Å²) in [6.45, 7) is 4.33. The Balaban J connectivity index is 2.53. The molecule has 1 amide bonds. The van der Waals surface area contributed by atoms with Crippen LogP contribution in [0.3, 0.4) is 0 Å². The fourth-order valence-corrected chi connectivity index (χ4v) is 1.66. The van der Waals surface area contributed by atoms with Crippen molar-refractivity contribution in [3.8, 4) is 0 Å². The highest BCUT2D eigenvalue weighted by Crippen LogP contribution is 2.13. The lowest BCUT2D eigenvalue weighted by molar-refractivity contribution is -0.147. The standard InChI is InChI=1S/C11H19NO4/c1-7(2)9(11(14)15-3)12-10(13)8-5-4-6-16-8/h7-9H,4-6H2,1-3H3,(H,12,13)/t8-,9+/m0/s1. The number of amides is 1. The average molecular weight is 229 g/mol. The molecule has 0 aromatic heterocycles. The molecule has 1 aliphatic rings. The summed E-state index contributed by atoms with van der Waals surface area (Å²) in [4.78, 5) is 23.2. The van der Waals surface area contributed by atoms with Crippen LogP contribution in [0.4, 0.5) is 0 Å². The highest BCUT2D eigenvalue weighted by atomic mass is 16.5. The lowest BCUT2D eigenvalue weighted by atomic mass is 10.0. The van der Waals surface area contributed by atoms with E-state index in [0.29, 0.717) is 6.61 Å². The number of nitrogens with one attached hydrogen (secondary N) is 1. The number of hydrogen-bond donors (Lipinski definition) is 1. The predicted octanol–water partition coefficient (Wildman–Crippen LogP) is 0.479. The van der Waals surface area contributed by atoms with E-state index >= 15 is 0 Å². The minimum absolute atomic E-state index is 0.00203. The Morgan fingerprint density at radius 3 is 2.56 bits per heavy atom. The van der Waals surface area contributed by atoms with Gasteiger partial charge in [-0.05, 0) is 18.8 Å². The third-order valence-electron chi connectivity index (χ3n) is 2.64. The van der Waals surface area contributed by atoms with E-state index in [1.54, 1.807) is 0 Å². The van der Waals surface area contributed by atoms with Crippen LogP contribution in [0.1, 0.15) is 26.7 Å². The Morgan fingerprint density at radius 1 is 1.44 bits per heavy atom. The first-order valence-corrected chi connectivity index (χ1v) is 5.56. The van der Waals surface area contributed by atoms with Gasteiger partial charge in [0.2, 0.25) is 5.91 Å². The van der Waals surface area contributed by atoms with Crippen LogP contribution in [0.2, 0.25) is 0 Å². The maximum absolute atomic E-state index is 11.7. The molecule has 0 spiro atoms. The number of carbonyl (C=O) groups excluding carboxylic acids is 2. The van der Waals surface area contributed by atoms with Gasteiger partial charge in [-0.2, -0.15) is 0 Å². The van der Waals surface area contributed by atoms with Gasteiger partial charge in [0.15, 0.2) is 0 Å². The van der Waals surface area contributed by atoms with Gasteiger partial charge in [-0.3, -0.25) is 4.79 Å². The van der Waals surface area contributed by atoms with E-state index in [9.17, 15) is 9.59 Å². The SMILES string of the molecule is COC(=O)[C@H](NC(=O)[C@@H]1CCCO1)C(C)C. The molecule has 1 heterocycles. The minimum atomic E-state index is -0.596. The molecule has 5 nitrogen and oxygen atoms in total. The molecule has 5 heteroatoms. The zero-order valence-corrected chi connectivity index (χ0v) is 9.99. The second-order valence-electron chi connectivity index (χ2n) is 4.26. The summed E-state index contributed by atoms with van der Waals surface area (Å²) in [5.74, 6) is -0.638. The fourth-order valence-electron chi connectivity index (χ4n) is 1.66. The van der Waals surface area contributed by atoms with Crippen LogP contribution in [0.25, 0.3) is 0 Å². The van der Waals surface area contributed by atoms with Crippen molar-refractivity contribution in [2.24, 2.45) is 5.92 Å². The van der Waals surface area contributed by atoms with E-state index in [1.807, 2.05) is 13.8 Å². The molecular weight excluding hydrogens is 210 g/mol. The van der Waals surface area contributed by atoms with Crippen LogP contribution in [0.15, 0.2) is 0 Å². The van der Waals surface area contributed by atoms with Crippen molar-refractivity contribution >= 4 is 11.9 Å². The Hall–Kier alpha value is -1.10. The quantitative estimate of drug-likeness (QED) is 0.712. The van der Waals surface area contributed by atoms with Crippen molar-refractivity contribution in [3.63, 3.8) is 0 Å². The molecule has 1 fully saturated rings. The van der Waals surface area contributed by atoms with E-state index in [4.69, 9.17) is 4.74 Å². The predicted molar refractivity (Wildman–Crippen MR) is 57.8 cm³/mol. The molecule has 0 aliphatic carbocycles. The molecule has 1 N–H and O–H groups in total. The van der Waals surface area contributed by atoms with Gasteiger partial charge in [-0.1, -0.05) is 13.8 Å². The number of esters is 1. The van der Waals surface area contributed by atoms with Crippen molar-refractivity contribution in [1.82, 2.24) is 5.32 Å². The first-order valence-electron chi connectivity index (χ1n) is 5.56. The molecule has 0 aromatic rings. The van der Waals surface area contributed by atoms with Crippen LogP contribution in [-0.2, 0) is 19.1 Å². The number of methoxy groups -OCH3 is 1. The molecule has 1 aliphatic heterocycles. The molecular formula is C11H19NO4. The highest BCUT2D eigenvalue weighted by Gasteiger charge is 2.30. The Morgan fingerprint density at radius 2 is 2.12 bits per heavy atom. The van der Waals surface area contributed by atoms with E-state index in [1.165, 1.54) is 7.11 Å². The lowest BCUT2D eigenvalue weighted by Gasteiger charge is -2.21. The minimum Gasteiger partial charge on any atom is -0.467 e. The van der Waals surface area contributed by atoms with Gasteiger partial charge in [-0.15, -0.1) is 0 Å². The fraction of sp³-hybridized carbons (Fsp3) is 0.818. The number of ether oxygens (including phenoxy) is 2. The molecule has 92 valence electrons. The average Bonchev–Trinajstić information content (AvgIpc) is 2.77. The van der Waals surface area contributed by atoms with Crippen molar-refractivity contribution < 1.29 is 19.1 Å². The van der Waals surface area contributed by atoms with Gasteiger partial charge in [0.25, 0.3) is 0 Å². The summed E-state index contributed by atoms with van der Waals surface area (Å²) >= 11 is 0. The third-order valence-corrected chi connectivity index (χ3v) is 2.64. The van der Waals surface area contributed by atoms with Gasteiger partial charge in [0.05, 0.1) is 7.11 Å². The van der Waals surface area contributed by atoms with Gasteiger partial charge in [0, 0.05) is 6.61 Å². The highest BCUT2D eigenvalue weighted by molar-refractivity contribution is 5.87. The van der Waals surface area contributed by atoms with Crippen molar-refractivity contribution in [2.45, 2.75) is 38.8 Å². The monoisotopic (exact) mass is 229 g/mol. The van der Waals surface area contributed by atoms with Crippen LogP contribution >= 0.6 is 0 Å². The second-order valence-corrected chi connectivity index (χ2v) is 4.26. The second kappa shape index (κ2) is 5.84. The van der Waals surface area contributed by atoms with E-state index in [0.717, 1.165) is 12.8 Å². The first-order chi connectivity index (χ1) is 7.56. The van der Waals surface area contributed by atoms with Crippen LogP contribution in [0.5, 0.6) is 0 Å². The Bertz CT molecular complexity index is 259. The number of hydrogen-bond acceptors (Lipinski definition) is 4. The zero-order valence-electron chi connectivity index (χ0n) is 9.99. The summed E-state index contributed by atoms with van der Waals surface area (Å²) in [6.07, 6.45) is 1.20. The molecule has 16 heavy (non-hydrogen) atoms. The molecule has 0 unspecified atom stereocenters. The van der Waals surface area contributed by atoms with Crippen LogP contribution in [0, 0.1) is 5.92 Å². The Labute approximate surface area is 95.5 Å². The van der Waals surface area contributed by atoms with E-state index in [2.05, 4.69) is 10.1 Å². The smallest absolute Gasteiger partial charge is 0.328 e. The summed E-state index contributed by atoms with van der Waals surface area (Å²) in [5, 5.41) is 2.67. The molecule has 1 rings (SSSR count). The molecule has 2 atom stereocenters. The van der Waals surface area contributed by atoms with Gasteiger partial charge < -0.3 is 14.8 Å². The molecule has 1 saturated heterocycles. The summed E-state index contributed by atoms with van der Waals surface area (Å²) < 4.78 is 9.89. The zero-order chi connectivity index (χ0) is 12.1. The first kappa shape index (κ1) is 13.0. The van der Waals surface area contributed by atoms with E-state index in [-0.39, 0.29) is 11.8 Å². The van der Waals surface area contributed by atoms with Gasteiger partial charge in [0.1, 0.15) is 12.1 Å². The lowest BCUT2D eigenvalue weighted by Crippen LogP contribution is -2.48. The summed E-state index contributed by atoms with van der Waals surface area (Å²) in [6, 6.07) is -0.596. The number of carbonyl (C=O) groups is 2. The molecule has 0 aromatic carbocycles. The van der Waals surface area contributed by atoms with Gasteiger partial charge in [-0.25, -0.2) is 4.79 Å². The summed E-state index contributed by atoms with van der Waals surface area (Å²) in [7, 11) is 1.32. The topological polar surface area (TPSA) is 64.6 Å². The largest absolute Gasteiger partial charge is 0.467 e. The summed E-state index contributed by atoms with van der Waals surface area (Å²) in [5.41, 5.74) is 0. The normalized spacial score (nSPS) is 21.9. The van der Waals surface area contributed by atoms with Crippen molar-refractivity contribution in [1.29, 1.82) is 0 Å². The molecule has 0 saturated carbocycles. The maximum Gasteiger partial charge on any atom is 0.328 e. The van der Waals surface area contributed by atoms with Crippen LogP contribution < -0.4 is 5.32 Å². The number of rotatable bonds is 4. The molecule has 0 bridgehead atoms. The van der Waals surface area contributed by atoms with Crippen molar-refractivity contribution in [2.75, 3.05) is 13.7 Å².